The molecule has 0 bridgehead atoms. The molecule has 1 aromatic rings. The smallest absolute Gasteiger partial charge is 0.342 e. The minimum atomic E-state index is -2.12. The molecule has 92 heavy (non-hydrogen) atoms. The highest BCUT2D eigenvalue weighted by Crippen LogP contribution is 2.53. The van der Waals surface area contributed by atoms with Crippen molar-refractivity contribution in [3.8, 4) is 11.5 Å². The summed E-state index contributed by atoms with van der Waals surface area (Å²) in [5.74, 6) is -7.47. The van der Waals surface area contributed by atoms with Gasteiger partial charge in [-0.1, -0.05) is 13.8 Å². The number of methoxy groups -OCH3 is 3. The highest BCUT2D eigenvalue weighted by Gasteiger charge is 2.73. The third-order valence-corrected chi connectivity index (χ3v) is 18.9. The Labute approximate surface area is 530 Å². The molecule has 520 valence electrons. The van der Waals surface area contributed by atoms with Gasteiger partial charge in [0, 0.05) is 40.2 Å². The first kappa shape index (κ1) is 69.8. The molecule has 10 heterocycles. The van der Waals surface area contributed by atoms with E-state index >= 15 is 0 Å². The Morgan fingerprint density at radius 1 is 0.652 bits per heavy atom. The summed E-state index contributed by atoms with van der Waals surface area (Å²) in [6.07, 6.45) is -32.5. The van der Waals surface area contributed by atoms with Gasteiger partial charge < -0.3 is 140 Å². The second-order valence-electron chi connectivity index (χ2n) is 25.9. The number of aryl methyl sites for hydroxylation is 1. The Morgan fingerprint density at radius 3 is 2.01 bits per heavy atom. The fourth-order valence-electron chi connectivity index (χ4n) is 14.4. The van der Waals surface area contributed by atoms with E-state index in [4.69, 9.17) is 104 Å². The molecule has 0 radical (unpaired) electrons. The molecule has 32 heteroatoms. The van der Waals surface area contributed by atoms with Crippen molar-refractivity contribution >= 4 is 17.7 Å². The Balaban J connectivity index is 0.725. The SMILES string of the molecule is COC[C@@H]1O[C@H](O[C@H]2OC[C@H]3O[C@]4(O[C@@H]3[C@@H]2OC(=O)C(C)C)O[C@H](C)[C@@](O)(C(C)=O)[C@H]2OCO[C@H]24)[C@H](OC)[C@@H](O)[C@H]1O[C@@H]1O[C@@H](C)[C@@H](OC)[C@@H](O[C@@H]2C[C@]3(C)O[C@@]4(C[C@H](O)[C@H](O[C@@H]5C[C@H](O)[C@@H](OC(=O)c6c(C)cc(O)cc6O)[C@@H](C)O5)[C@@H](C)O4)O[C@@H]3[C@H](C)O2)[C@H]1O. The number of rotatable bonds is 17. The molecule has 0 aliphatic carbocycles. The molecule has 0 unspecified atom stereocenters. The number of aliphatic hydroxyl groups excluding tert-OH is 4. The van der Waals surface area contributed by atoms with E-state index in [-0.39, 0.29) is 56.1 Å². The van der Waals surface area contributed by atoms with Gasteiger partial charge in [0.1, 0.15) is 103 Å². The van der Waals surface area contributed by atoms with Crippen LogP contribution in [0.15, 0.2) is 12.1 Å². The average molecular weight is 1320 g/mol. The van der Waals surface area contributed by atoms with Crippen LogP contribution in [0.5, 0.6) is 11.5 Å². The molecule has 10 aliphatic rings. The monoisotopic (exact) mass is 1320 g/mol. The van der Waals surface area contributed by atoms with Gasteiger partial charge in [-0.15, -0.1) is 0 Å². The molecule has 10 aliphatic heterocycles. The van der Waals surface area contributed by atoms with Gasteiger partial charge in [-0.3, -0.25) is 9.59 Å². The third-order valence-electron chi connectivity index (χ3n) is 18.9. The highest BCUT2D eigenvalue weighted by atomic mass is 16.9. The molecule has 0 saturated carbocycles. The summed E-state index contributed by atoms with van der Waals surface area (Å²) in [4.78, 5) is 39.4. The van der Waals surface area contributed by atoms with Crippen molar-refractivity contribution in [1.82, 2.24) is 0 Å². The van der Waals surface area contributed by atoms with E-state index in [1.54, 1.807) is 48.5 Å². The summed E-state index contributed by atoms with van der Waals surface area (Å²) in [6, 6.07) is 2.29. The largest absolute Gasteiger partial charge is 0.508 e. The molecule has 2 spiro atoms. The fraction of sp³-hybridized carbons (Fsp3) is 0.850. The van der Waals surface area contributed by atoms with Crippen molar-refractivity contribution in [3.05, 3.63) is 23.3 Å². The Morgan fingerprint density at radius 2 is 1.35 bits per heavy atom. The van der Waals surface area contributed by atoms with E-state index in [2.05, 4.69) is 0 Å². The number of benzene rings is 1. The van der Waals surface area contributed by atoms with Gasteiger partial charge in [-0.05, 0) is 67.0 Å². The predicted molar refractivity (Wildman–Crippen MR) is 298 cm³/mol. The van der Waals surface area contributed by atoms with Crippen molar-refractivity contribution in [2.45, 2.75) is 277 Å². The van der Waals surface area contributed by atoms with Crippen LogP contribution in [0.25, 0.3) is 0 Å². The lowest BCUT2D eigenvalue weighted by Crippen LogP contribution is -2.72. The number of ether oxygens (including phenoxy) is 22. The number of hydrogen-bond acceptors (Lipinski definition) is 32. The number of phenols is 2. The normalized spacial score (nSPS) is 48.5. The highest BCUT2D eigenvalue weighted by molar-refractivity contribution is 5.94. The lowest BCUT2D eigenvalue weighted by molar-refractivity contribution is -0.428. The minimum absolute atomic E-state index is 0.00969. The Bertz CT molecular complexity index is 2730. The molecular formula is C60H88O32. The van der Waals surface area contributed by atoms with E-state index in [0.29, 0.717) is 0 Å². The van der Waals surface area contributed by atoms with Gasteiger partial charge in [0.05, 0.1) is 68.3 Å². The molecule has 0 amide bonds. The van der Waals surface area contributed by atoms with E-state index < -0.39 is 218 Å². The summed E-state index contributed by atoms with van der Waals surface area (Å²) in [7, 11) is 4.10. The van der Waals surface area contributed by atoms with Crippen LogP contribution in [0.2, 0.25) is 0 Å². The summed E-state index contributed by atoms with van der Waals surface area (Å²) < 4.78 is 136. The van der Waals surface area contributed by atoms with Crippen LogP contribution in [-0.4, -0.2) is 284 Å². The molecule has 31 atom stereocenters. The van der Waals surface area contributed by atoms with Crippen molar-refractivity contribution in [3.63, 3.8) is 0 Å². The zero-order valence-corrected chi connectivity index (χ0v) is 53.4. The number of fused-ring (bicyclic) bond motifs is 4. The third kappa shape index (κ3) is 12.9. The first-order valence-electron chi connectivity index (χ1n) is 31.1. The van der Waals surface area contributed by atoms with Gasteiger partial charge in [-0.2, -0.15) is 0 Å². The summed E-state index contributed by atoms with van der Waals surface area (Å²) >= 11 is 0. The Kier molecular flexibility index (Phi) is 20.5. The molecule has 1 aromatic carbocycles. The lowest BCUT2D eigenvalue weighted by atomic mass is 9.81. The molecule has 10 saturated heterocycles. The van der Waals surface area contributed by atoms with Crippen LogP contribution >= 0.6 is 0 Å². The molecule has 7 N–H and O–H groups in total. The number of Topliss-reactive ketones (excluding diaryl/α,β-unsaturated/α-hetero) is 1. The van der Waals surface area contributed by atoms with Crippen LogP contribution in [-0.2, 0) is 114 Å². The minimum Gasteiger partial charge on any atom is -0.508 e. The van der Waals surface area contributed by atoms with Gasteiger partial charge in [0.25, 0.3) is 5.97 Å². The first-order chi connectivity index (χ1) is 43.5. The van der Waals surface area contributed by atoms with Crippen LogP contribution < -0.4 is 0 Å². The van der Waals surface area contributed by atoms with E-state index in [0.717, 1.165) is 6.07 Å². The van der Waals surface area contributed by atoms with E-state index in [1.807, 2.05) is 0 Å². The van der Waals surface area contributed by atoms with Crippen molar-refractivity contribution in [1.29, 1.82) is 0 Å². The molecule has 32 nitrogen and oxygen atoms in total. The second kappa shape index (κ2) is 27.0. The number of hydrogen-bond donors (Lipinski definition) is 7. The average Bonchev–Trinajstić information content (AvgIpc) is 1.52. The van der Waals surface area contributed by atoms with Crippen LogP contribution in [0, 0.1) is 12.8 Å². The number of aliphatic hydroxyl groups is 5. The molecular weight excluding hydrogens is 1230 g/mol. The summed E-state index contributed by atoms with van der Waals surface area (Å²) in [5.41, 5.74) is -3.23. The van der Waals surface area contributed by atoms with Gasteiger partial charge in [0.2, 0.25) is 6.29 Å². The quantitative estimate of drug-likeness (QED) is 0.0962. The predicted octanol–water partition coefficient (Wildman–Crippen LogP) is -0.558. The van der Waals surface area contributed by atoms with Crippen molar-refractivity contribution < 1.29 is 154 Å². The number of ketones is 1. The lowest BCUT2D eigenvalue weighted by Gasteiger charge is -2.49. The van der Waals surface area contributed by atoms with Gasteiger partial charge in [0.15, 0.2) is 54.9 Å². The Hall–Kier alpha value is -3.57. The van der Waals surface area contributed by atoms with Crippen LogP contribution in [0.3, 0.4) is 0 Å². The number of aromatic hydroxyl groups is 2. The second-order valence-corrected chi connectivity index (χ2v) is 25.9. The summed E-state index contributed by atoms with van der Waals surface area (Å²) in [5, 5.41) is 79.1. The fourth-order valence-corrected chi connectivity index (χ4v) is 14.4. The van der Waals surface area contributed by atoms with Crippen molar-refractivity contribution in [2.24, 2.45) is 5.92 Å². The molecule has 10 fully saturated rings. The maximum atomic E-state index is 13.4. The molecule has 11 rings (SSSR count). The maximum Gasteiger partial charge on any atom is 0.342 e. The van der Waals surface area contributed by atoms with Crippen LogP contribution in [0.4, 0.5) is 0 Å². The zero-order chi connectivity index (χ0) is 66.4. The number of phenolic OH excluding ortho intramolecular Hbond substituents is 2. The van der Waals surface area contributed by atoms with Crippen molar-refractivity contribution in [2.75, 3.05) is 41.3 Å². The summed E-state index contributed by atoms with van der Waals surface area (Å²) in [6.45, 7) is 15.1. The van der Waals surface area contributed by atoms with Gasteiger partial charge in [-0.25, -0.2) is 4.79 Å². The number of esters is 2. The van der Waals surface area contributed by atoms with Crippen LogP contribution in [0.1, 0.15) is 97.5 Å². The zero-order valence-electron chi connectivity index (χ0n) is 53.4. The maximum absolute atomic E-state index is 13.4. The van der Waals surface area contributed by atoms with E-state index in [9.17, 15) is 50.1 Å². The molecule has 0 aromatic heterocycles. The standard InChI is InChI=1S/C60H88O32/c1-22(2)52(68)84-48-45-35(89-60(90-45)51-50(75-21-76-51)59(70,28(8)61)29(9)88-60)20-74-55(48)86-56-47(73-13)39(66)44(34(80-56)19-71-11)85-54-40(67)46(43(72-12)25(5)79-54)82-37-18-57(10)49(27(7)78-37)91-58(92-57)17-33(65)42(26(6)87-58)81-36-16-32(64)41(24(4)77-36)83-53(69)38-23(3)14-30(62)15-31(38)63/h14-15,22,24-27,29,32-37,39-51,54-56,62-67,70H,16-21H2,1-13H3/t24-,25+,26-,27+,29-,32+,33+,34+,35-,36-,37-,39+,40-,41+,42-,43-,44+,45+,46+,47-,48+,49-,50+,51-,54+,55-,56-,57+,58-,59+,60-/m1/s1. The topological polar surface area (TPSA) is 396 Å². The van der Waals surface area contributed by atoms with E-state index in [1.165, 1.54) is 48.2 Å². The first-order valence-corrected chi connectivity index (χ1v) is 31.1. The number of carbonyl (C=O) groups excluding carboxylic acids is 3. The van der Waals surface area contributed by atoms with Gasteiger partial charge >= 0.3 is 17.9 Å². The number of carbonyl (C=O) groups is 3.